The van der Waals surface area contributed by atoms with Crippen LogP contribution < -0.4 is 20.3 Å². The molecule has 2 aromatic rings. The largest absolute Gasteiger partial charge is 0.495 e. The highest BCUT2D eigenvalue weighted by molar-refractivity contribution is 6.30. The van der Waals surface area contributed by atoms with Gasteiger partial charge >= 0.3 is 0 Å². The topological polar surface area (TPSA) is 72.7 Å². The first kappa shape index (κ1) is 20.8. The summed E-state index contributed by atoms with van der Waals surface area (Å²) in [5, 5.41) is 16.5. The summed E-state index contributed by atoms with van der Waals surface area (Å²) in [4.78, 5) is 6.98. The minimum absolute atomic E-state index is 0.275. The average molecular weight is 412 g/mol. The Balaban J connectivity index is 1.64. The molecule has 1 fully saturated rings. The van der Waals surface area contributed by atoms with E-state index in [1.165, 1.54) is 0 Å². The van der Waals surface area contributed by atoms with Crippen molar-refractivity contribution >= 4 is 23.2 Å². The molecule has 0 spiro atoms. The number of anilines is 1. The fraction of sp³-hybridized carbons (Fsp3) is 0.364. The lowest BCUT2D eigenvalue weighted by Crippen LogP contribution is -2.44. The van der Waals surface area contributed by atoms with Crippen molar-refractivity contribution in [1.29, 1.82) is 5.26 Å². The maximum atomic E-state index is 8.91. The Morgan fingerprint density at radius 2 is 2.10 bits per heavy atom. The Morgan fingerprint density at radius 1 is 1.31 bits per heavy atom. The molecule has 1 aliphatic heterocycles. The molecule has 1 aliphatic rings. The van der Waals surface area contributed by atoms with E-state index in [-0.39, 0.29) is 6.04 Å². The number of ether oxygens (including phenoxy) is 1. The van der Waals surface area contributed by atoms with Crippen LogP contribution in [0.2, 0.25) is 5.02 Å². The van der Waals surface area contributed by atoms with E-state index in [1.54, 1.807) is 7.11 Å². The Labute approximate surface area is 177 Å². The maximum Gasteiger partial charge on any atom is 0.191 e. The smallest absolute Gasteiger partial charge is 0.191 e. The highest BCUT2D eigenvalue weighted by Crippen LogP contribution is 2.33. The standard InChI is InChI=1S/C22H26ClN5O/c1-3-25-22(26-14-17-6-4-16(13-24)5-7-17)27-19-10-11-28(15-19)20-12-18(23)8-9-21(20)29-2/h4-9,12,19H,3,10-11,14-15H2,1-2H3,(H2,25,26,27). The van der Waals surface area contributed by atoms with Gasteiger partial charge in [0.1, 0.15) is 5.75 Å². The number of hydrogen-bond donors (Lipinski definition) is 2. The van der Waals surface area contributed by atoms with Gasteiger partial charge in [-0.05, 0) is 49.2 Å². The zero-order chi connectivity index (χ0) is 20.6. The van der Waals surface area contributed by atoms with Crippen molar-refractivity contribution in [3.63, 3.8) is 0 Å². The molecule has 3 rings (SSSR count). The molecular weight excluding hydrogens is 386 g/mol. The van der Waals surface area contributed by atoms with E-state index in [0.29, 0.717) is 17.1 Å². The van der Waals surface area contributed by atoms with Crippen LogP contribution in [0, 0.1) is 11.3 Å². The SMILES string of the molecule is CCNC(=NCc1ccc(C#N)cc1)NC1CCN(c2cc(Cl)ccc2OC)C1. The molecule has 0 radical (unpaired) electrons. The molecule has 1 heterocycles. The molecule has 1 unspecified atom stereocenters. The molecule has 6 nitrogen and oxygen atoms in total. The minimum Gasteiger partial charge on any atom is -0.495 e. The molecule has 152 valence electrons. The fourth-order valence-corrected chi connectivity index (χ4v) is 3.54. The van der Waals surface area contributed by atoms with Gasteiger partial charge in [-0.25, -0.2) is 4.99 Å². The monoisotopic (exact) mass is 411 g/mol. The third kappa shape index (κ3) is 5.55. The summed E-state index contributed by atoms with van der Waals surface area (Å²) in [7, 11) is 1.68. The van der Waals surface area contributed by atoms with Crippen molar-refractivity contribution in [2.45, 2.75) is 25.9 Å². The van der Waals surface area contributed by atoms with Gasteiger partial charge in [-0.2, -0.15) is 5.26 Å². The van der Waals surface area contributed by atoms with Crippen LogP contribution in [0.1, 0.15) is 24.5 Å². The molecule has 1 saturated heterocycles. The molecule has 0 saturated carbocycles. The van der Waals surface area contributed by atoms with Crippen LogP contribution in [0.4, 0.5) is 5.69 Å². The highest BCUT2D eigenvalue weighted by atomic mass is 35.5. The zero-order valence-electron chi connectivity index (χ0n) is 16.8. The Hall–Kier alpha value is -2.91. The number of benzene rings is 2. The third-order valence-electron chi connectivity index (χ3n) is 4.86. The van der Waals surface area contributed by atoms with Crippen molar-refractivity contribution in [1.82, 2.24) is 10.6 Å². The number of nitrogens with one attached hydrogen (secondary N) is 2. The Bertz CT molecular complexity index is 891. The van der Waals surface area contributed by atoms with Crippen LogP contribution in [0.3, 0.4) is 0 Å². The second-order valence-corrected chi connectivity index (χ2v) is 7.33. The fourth-order valence-electron chi connectivity index (χ4n) is 3.38. The summed E-state index contributed by atoms with van der Waals surface area (Å²) in [5.74, 6) is 1.62. The van der Waals surface area contributed by atoms with Crippen LogP contribution in [-0.4, -0.2) is 38.7 Å². The average Bonchev–Trinajstić information content (AvgIpc) is 3.21. The van der Waals surface area contributed by atoms with Gasteiger partial charge in [0, 0.05) is 30.7 Å². The summed E-state index contributed by atoms with van der Waals surface area (Å²) in [6.45, 7) is 5.16. The normalized spacial score (nSPS) is 16.4. The van der Waals surface area contributed by atoms with Gasteiger partial charge in [-0.1, -0.05) is 23.7 Å². The summed E-state index contributed by atoms with van der Waals surface area (Å²) < 4.78 is 5.49. The van der Waals surface area contributed by atoms with Gasteiger partial charge < -0.3 is 20.3 Å². The number of guanidine groups is 1. The lowest BCUT2D eigenvalue weighted by atomic mass is 10.1. The van der Waals surface area contributed by atoms with E-state index in [2.05, 4.69) is 28.5 Å². The Morgan fingerprint density at radius 3 is 2.79 bits per heavy atom. The molecule has 7 heteroatoms. The van der Waals surface area contributed by atoms with Crippen LogP contribution in [0.15, 0.2) is 47.5 Å². The van der Waals surface area contributed by atoms with E-state index < -0.39 is 0 Å². The number of halogens is 1. The summed E-state index contributed by atoms with van der Waals surface area (Å²) in [5.41, 5.74) is 2.74. The molecule has 0 aliphatic carbocycles. The summed E-state index contributed by atoms with van der Waals surface area (Å²) in [6.07, 6.45) is 0.997. The highest BCUT2D eigenvalue weighted by Gasteiger charge is 2.25. The van der Waals surface area contributed by atoms with Gasteiger partial charge in [0.2, 0.25) is 0 Å². The van der Waals surface area contributed by atoms with E-state index in [9.17, 15) is 0 Å². The quantitative estimate of drug-likeness (QED) is 0.561. The van der Waals surface area contributed by atoms with Crippen LogP contribution >= 0.6 is 11.6 Å². The van der Waals surface area contributed by atoms with E-state index in [1.807, 2.05) is 42.5 Å². The number of aliphatic imine (C=N–C) groups is 1. The van der Waals surface area contributed by atoms with Crippen molar-refractivity contribution < 1.29 is 4.74 Å². The Kier molecular flexibility index (Phi) is 7.20. The second-order valence-electron chi connectivity index (χ2n) is 6.90. The molecule has 1 atom stereocenters. The molecule has 0 aromatic heterocycles. The van der Waals surface area contributed by atoms with Gasteiger partial charge in [0.25, 0.3) is 0 Å². The van der Waals surface area contributed by atoms with E-state index >= 15 is 0 Å². The number of methoxy groups -OCH3 is 1. The van der Waals surface area contributed by atoms with Crippen molar-refractivity contribution in [2.24, 2.45) is 4.99 Å². The minimum atomic E-state index is 0.275. The summed E-state index contributed by atoms with van der Waals surface area (Å²) >= 11 is 6.19. The molecule has 0 amide bonds. The predicted molar refractivity (Wildman–Crippen MR) is 118 cm³/mol. The maximum absolute atomic E-state index is 8.91. The van der Waals surface area contributed by atoms with E-state index in [0.717, 1.165) is 49.0 Å². The van der Waals surface area contributed by atoms with Gasteiger partial charge in [0.05, 0.1) is 31.0 Å². The van der Waals surface area contributed by atoms with Gasteiger partial charge in [-0.3, -0.25) is 0 Å². The van der Waals surface area contributed by atoms with Crippen molar-refractivity contribution in [2.75, 3.05) is 31.6 Å². The van der Waals surface area contributed by atoms with Crippen LogP contribution in [0.25, 0.3) is 0 Å². The van der Waals surface area contributed by atoms with Crippen molar-refractivity contribution in [3.05, 3.63) is 58.6 Å². The van der Waals surface area contributed by atoms with Gasteiger partial charge in [-0.15, -0.1) is 0 Å². The molecule has 0 bridgehead atoms. The first-order valence-corrected chi connectivity index (χ1v) is 10.1. The predicted octanol–water partition coefficient (Wildman–Crippen LogP) is 3.55. The molecule has 2 N–H and O–H groups in total. The first-order chi connectivity index (χ1) is 14.1. The lowest BCUT2D eigenvalue weighted by molar-refractivity contribution is 0.415. The molecular formula is C22H26ClN5O. The number of rotatable bonds is 6. The van der Waals surface area contributed by atoms with Crippen LogP contribution in [-0.2, 0) is 6.54 Å². The summed E-state index contributed by atoms with van der Waals surface area (Å²) in [6, 6.07) is 15.6. The van der Waals surface area contributed by atoms with Crippen molar-refractivity contribution in [3.8, 4) is 11.8 Å². The number of nitriles is 1. The first-order valence-electron chi connectivity index (χ1n) is 9.75. The van der Waals surface area contributed by atoms with E-state index in [4.69, 9.17) is 26.6 Å². The molecule has 29 heavy (non-hydrogen) atoms. The lowest BCUT2D eigenvalue weighted by Gasteiger charge is -2.22. The van der Waals surface area contributed by atoms with Crippen LogP contribution in [0.5, 0.6) is 5.75 Å². The number of nitrogens with zero attached hydrogens (tertiary/aromatic N) is 3. The van der Waals surface area contributed by atoms with Gasteiger partial charge in [0.15, 0.2) is 5.96 Å². The molecule has 2 aromatic carbocycles. The zero-order valence-corrected chi connectivity index (χ0v) is 17.5. The second kappa shape index (κ2) is 10.0. The number of hydrogen-bond acceptors (Lipinski definition) is 4. The third-order valence-corrected chi connectivity index (χ3v) is 5.09.